The smallest absolute Gasteiger partial charge is 0.162 e. The Morgan fingerprint density at radius 3 is 2.60 bits per heavy atom. The lowest BCUT2D eigenvalue weighted by molar-refractivity contribution is -0.118. The lowest BCUT2D eigenvalue weighted by Crippen LogP contribution is -2.25. The van der Waals surface area contributed by atoms with Crippen molar-refractivity contribution in [3.8, 4) is 0 Å². The zero-order chi connectivity index (χ0) is 15.0. The van der Waals surface area contributed by atoms with Gasteiger partial charge in [-0.15, -0.1) is 0 Å². The summed E-state index contributed by atoms with van der Waals surface area (Å²) >= 11 is 0. The molecule has 1 aliphatic heterocycles. The van der Waals surface area contributed by atoms with E-state index in [0.29, 0.717) is 12.8 Å². The van der Waals surface area contributed by atoms with Crippen LogP contribution in [0.25, 0.3) is 0 Å². The molecule has 0 aromatic carbocycles. The lowest BCUT2D eigenvalue weighted by atomic mass is 9.75. The van der Waals surface area contributed by atoms with E-state index in [9.17, 15) is 4.79 Å². The fourth-order valence-corrected chi connectivity index (χ4v) is 3.14. The van der Waals surface area contributed by atoms with E-state index in [1.54, 1.807) is 0 Å². The van der Waals surface area contributed by atoms with Crippen LogP contribution in [-0.2, 0) is 9.53 Å². The summed E-state index contributed by atoms with van der Waals surface area (Å²) in [5.41, 5.74) is 1.89. The van der Waals surface area contributed by atoms with Crippen molar-refractivity contribution in [2.75, 3.05) is 0 Å². The molecule has 2 rings (SSSR count). The Labute approximate surface area is 122 Å². The van der Waals surface area contributed by atoms with Crippen LogP contribution in [0.15, 0.2) is 35.6 Å². The highest BCUT2D eigenvalue weighted by atomic mass is 16.5. The summed E-state index contributed by atoms with van der Waals surface area (Å²) in [5.74, 6) is 1.19. The zero-order valence-electron chi connectivity index (χ0n) is 13.2. The summed E-state index contributed by atoms with van der Waals surface area (Å²) < 4.78 is 6.20. The molecule has 1 aliphatic carbocycles. The van der Waals surface area contributed by atoms with E-state index in [2.05, 4.69) is 40.3 Å². The summed E-state index contributed by atoms with van der Waals surface area (Å²) in [6, 6.07) is 0. The van der Waals surface area contributed by atoms with E-state index in [0.717, 1.165) is 30.6 Å². The van der Waals surface area contributed by atoms with Gasteiger partial charge in [0, 0.05) is 24.8 Å². The number of hydrogen-bond acceptors (Lipinski definition) is 2. The van der Waals surface area contributed by atoms with Crippen LogP contribution >= 0.6 is 0 Å². The molecule has 2 heteroatoms. The first-order valence-electron chi connectivity index (χ1n) is 7.48. The molecule has 2 aliphatic rings. The van der Waals surface area contributed by atoms with Gasteiger partial charge in [0.25, 0.3) is 0 Å². The highest BCUT2D eigenvalue weighted by Crippen LogP contribution is 2.47. The molecule has 20 heavy (non-hydrogen) atoms. The van der Waals surface area contributed by atoms with E-state index >= 15 is 0 Å². The standard InChI is InChI=1S/C18H26O2/c1-6-18(9-7-8-13(2)3)10-14-15(19)11-17(4,5)12-16(14)20-18/h6,8H,1,7,9-12H2,2-5H3. The molecule has 2 nitrogen and oxygen atoms in total. The van der Waals surface area contributed by atoms with E-state index < -0.39 is 0 Å². The number of carbonyl (C=O) groups is 1. The van der Waals surface area contributed by atoms with Gasteiger partial charge in [-0.25, -0.2) is 0 Å². The second-order valence-corrected chi connectivity index (χ2v) is 7.21. The first-order chi connectivity index (χ1) is 9.27. The average Bonchev–Trinajstić information content (AvgIpc) is 2.66. The molecule has 0 saturated carbocycles. The quantitative estimate of drug-likeness (QED) is 0.693. The Balaban J connectivity index is 2.13. The number of allylic oxidation sites excluding steroid dienone is 3. The number of carbonyl (C=O) groups excluding carboxylic acids is 1. The normalized spacial score (nSPS) is 27.9. The molecule has 0 aromatic rings. The van der Waals surface area contributed by atoms with Crippen molar-refractivity contribution in [3.63, 3.8) is 0 Å². The predicted molar refractivity (Wildman–Crippen MR) is 82.3 cm³/mol. The molecule has 1 atom stereocenters. The van der Waals surface area contributed by atoms with Crippen LogP contribution in [-0.4, -0.2) is 11.4 Å². The maximum absolute atomic E-state index is 12.3. The van der Waals surface area contributed by atoms with Crippen LogP contribution in [0.3, 0.4) is 0 Å². The van der Waals surface area contributed by atoms with Gasteiger partial charge in [0.05, 0.1) is 0 Å². The van der Waals surface area contributed by atoms with Crippen molar-refractivity contribution >= 4 is 5.78 Å². The maximum Gasteiger partial charge on any atom is 0.162 e. The monoisotopic (exact) mass is 274 g/mol. The molecule has 110 valence electrons. The fourth-order valence-electron chi connectivity index (χ4n) is 3.14. The van der Waals surface area contributed by atoms with Crippen molar-refractivity contribution in [1.29, 1.82) is 0 Å². The highest BCUT2D eigenvalue weighted by molar-refractivity contribution is 5.97. The molecular formula is C18H26O2. The van der Waals surface area contributed by atoms with Gasteiger partial charge in [0.2, 0.25) is 0 Å². The number of ether oxygens (including phenoxy) is 1. The Kier molecular flexibility index (Phi) is 3.95. The van der Waals surface area contributed by atoms with Crippen LogP contribution in [0.1, 0.15) is 59.8 Å². The number of hydrogen-bond donors (Lipinski definition) is 0. The molecule has 0 bridgehead atoms. The Morgan fingerprint density at radius 1 is 1.30 bits per heavy atom. The number of Topliss-reactive ketones (excluding diaryl/α,β-unsaturated/α-hetero) is 1. The summed E-state index contributed by atoms with van der Waals surface area (Å²) in [6.07, 6.45) is 8.18. The van der Waals surface area contributed by atoms with Gasteiger partial charge in [-0.2, -0.15) is 0 Å². The molecule has 0 radical (unpaired) electrons. The third kappa shape index (κ3) is 3.05. The van der Waals surface area contributed by atoms with Gasteiger partial charge in [0.1, 0.15) is 11.4 Å². The number of rotatable bonds is 4. The first-order valence-corrected chi connectivity index (χ1v) is 7.48. The van der Waals surface area contributed by atoms with Gasteiger partial charge in [-0.3, -0.25) is 4.79 Å². The third-order valence-corrected chi connectivity index (χ3v) is 4.25. The van der Waals surface area contributed by atoms with Crippen molar-refractivity contribution < 1.29 is 9.53 Å². The average molecular weight is 274 g/mol. The fraction of sp³-hybridized carbons (Fsp3) is 0.611. The SMILES string of the molecule is C=CC1(CCC=C(C)C)CC2=C(CC(C)(C)CC2=O)O1. The highest BCUT2D eigenvalue weighted by Gasteiger charge is 2.45. The molecule has 0 spiro atoms. The van der Waals surface area contributed by atoms with Crippen molar-refractivity contribution in [3.05, 3.63) is 35.6 Å². The minimum atomic E-state index is -0.368. The summed E-state index contributed by atoms with van der Waals surface area (Å²) in [6.45, 7) is 12.4. The molecule has 0 aromatic heterocycles. The molecule has 0 amide bonds. The Morgan fingerprint density at radius 2 is 2.00 bits per heavy atom. The van der Waals surface area contributed by atoms with Crippen LogP contribution < -0.4 is 0 Å². The van der Waals surface area contributed by atoms with Gasteiger partial charge in [-0.1, -0.05) is 32.1 Å². The van der Waals surface area contributed by atoms with E-state index in [-0.39, 0.29) is 16.8 Å². The van der Waals surface area contributed by atoms with E-state index in [1.165, 1.54) is 5.57 Å². The molecule has 0 N–H and O–H groups in total. The zero-order valence-corrected chi connectivity index (χ0v) is 13.2. The second-order valence-electron chi connectivity index (χ2n) is 7.21. The largest absolute Gasteiger partial charge is 0.487 e. The van der Waals surface area contributed by atoms with Crippen LogP contribution in [0.5, 0.6) is 0 Å². The van der Waals surface area contributed by atoms with Crippen molar-refractivity contribution in [2.45, 2.75) is 65.4 Å². The van der Waals surface area contributed by atoms with Crippen molar-refractivity contribution in [2.24, 2.45) is 5.41 Å². The number of ketones is 1. The van der Waals surface area contributed by atoms with Gasteiger partial charge >= 0.3 is 0 Å². The van der Waals surface area contributed by atoms with Crippen LogP contribution in [0.2, 0.25) is 0 Å². The van der Waals surface area contributed by atoms with Crippen molar-refractivity contribution in [1.82, 2.24) is 0 Å². The first kappa shape index (κ1) is 15.1. The summed E-state index contributed by atoms with van der Waals surface area (Å²) in [5, 5.41) is 0. The third-order valence-electron chi connectivity index (χ3n) is 4.25. The Hall–Kier alpha value is -1.31. The van der Waals surface area contributed by atoms with Gasteiger partial charge in [-0.05, 0) is 38.2 Å². The second kappa shape index (κ2) is 5.23. The molecular weight excluding hydrogens is 248 g/mol. The molecule has 1 heterocycles. The molecule has 0 fully saturated rings. The minimum absolute atomic E-state index is 0.0209. The van der Waals surface area contributed by atoms with Gasteiger partial charge in [0.15, 0.2) is 5.78 Å². The maximum atomic E-state index is 12.3. The summed E-state index contributed by atoms with van der Waals surface area (Å²) in [7, 11) is 0. The molecule has 1 unspecified atom stereocenters. The van der Waals surface area contributed by atoms with Crippen LogP contribution in [0.4, 0.5) is 0 Å². The van der Waals surface area contributed by atoms with Crippen LogP contribution in [0, 0.1) is 5.41 Å². The van der Waals surface area contributed by atoms with E-state index in [1.807, 2.05) is 6.08 Å². The minimum Gasteiger partial charge on any atom is -0.487 e. The topological polar surface area (TPSA) is 26.3 Å². The van der Waals surface area contributed by atoms with Gasteiger partial charge < -0.3 is 4.74 Å². The molecule has 0 saturated heterocycles. The predicted octanol–water partition coefficient (Wildman–Crippen LogP) is 4.72. The summed E-state index contributed by atoms with van der Waals surface area (Å²) in [4.78, 5) is 12.3. The van der Waals surface area contributed by atoms with E-state index in [4.69, 9.17) is 4.74 Å². The Bertz CT molecular complexity index is 490. The lowest BCUT2D eigenvalue weighted by Gasteiger charge is -2.30.